The molecule has 2 bridgehead atoms. The van der Waals surface area contributed by atoms with E-state index in [1.54, 1.807) is 0 Å². The molecule has 3 atom stereocenters. The standard InChI is InChI=1S/C12H20O/c1-8-9(13)12(5)7-6-11(8,4)10(12,2)3/h8H,6-7H2,1-5H3/t8-,11-,12-/m1/s1. The van der Waals surface area contributed by atoms with Crippen LogP contribution in [0.4, 0.5) is 0 Å². The maximum atomic E-state index is 12.1. The van der Waals surface area contributed by atoms with Crippen LogP contribution >= 0.6 is 0 Å². The average molecular weight is 180 g/mol. The van der Waals surface area contributed by atoms with E-state index in [-0.39, 0.29) is 22.2 Å². The summed E-state index contributed by atoms with van der Waals surface area (Å²) in [7, 11) is 0. The van der Waals surface area contributed by atoms with Crippen LogP contribution in [0.3, 0.4) is 0 Å². The monoisotopic (exact) mass is 180 g/mol. The molecule has 0 aromatic rings. The Kier molecular flexibility index (Phi) is 1.43. The first-order chi connectivity index (χ1) is 5.77. The summed E-state index contributed by atoms with van der Waals surface area (Å²) in [6.45, 7) is 11.1. The molecule has 2 rings (SSSR count). The highest BCUT2D eigenvalue weighted by Crippen LogP contribution is 2.72. The van der Waals surface area contributed by atoms with Gasteiger partial charge in [-0.3, -0.25) is 4.79 Å². The molecule has 0 N–H and O–H groups in total. The number of hydrogen-bond acceptors (Lipinski definition) is 1. The van der Waals surface area contributed by atoms with Crippen molar-refractivity contribution in [2.45, 2.75) is 47.5 Å². The number of fused-ring (bicyclic) bond motifs is 2. The maximum absolute atomic E-state index is 12.1. The number of ketones is 1. The van der Waals surface area contributed by atoms with Gasteiger partial charge in [-0.05, 0) is 23.7 Å². The minimum atomic E-state index is -0.0405. The number of hydrogen-bond donors (Lipinski definition) is 0. The van der Waals surface area contributed by atoms with Crippen molar-refractivity contribution >= 4 is 5.78 Å². The zero-order chi connectivity index (χ0) is 10.1. The van der Waals surface area contributed by atoms with Crippen LogP contribution in [0.1, 0.15) is 47.5 Å². The van der Waals surface area contributed by atoms with Gasteiger partial charge in [0, 0.05) is 11.3 Å². The highest BCUT2D eigenvalue weighted by Gasteiger charge is 2.70. The number of rotatable bonds is 0. The van der Waals surface area contributed by atoms with Crippen LogP contribution in [0.5, 0.6) is 0 Å². The highest BCUT2D eigenvalue weighted by atomic mass is 16.1. The van der Waals surface area contributed by atoms with Crippen LogP contribution in [0, 0.1) is 22.2 Å². The van der Waals surface area contributed by atoms with E-state index in [9.17, 15) is 4.79 Å². The van der Waals surface area contributed by atoms with Gasteiger partial charge in [0.1, 0.15) is 5.78 Å². The van der Waals surface area contributed by atoms with Gasteiger partial charge in [0.15, 0.2) is 0 Å². The second-order valence-electron chi connectivity index (χ2n) is 5.96. The third kappa shape index (κ3) is 0.660. The Labute approximate surface area is 80.9 Å². The molecular weight excluding hydrogens is 160 g/mol. The van der Waals surface area contributed by atoms with Crippen molar-refractivity contribution in [1.82, 2.24) is 0 Å². The largest absolute Gasteiger partial charge is 0.299 e. The fourth-order valence-electron chi connectivity index (χ4n) is 3.72. The molecule has 0 aromatic heterocycles. The molecule has 2 fully saturated rings. The van der Waals surface area contributed by atoms with Crippen molar-refractivity contribution in [2.24, 2.45) is 22.2 Å². The normalized spacial score (nSPS) is 53.0. The van der Waals surface area contributed by atoms with Crippen LogP contribution in [0.15, 0.2) is 0 Å². The summed E-state index contributed by atoms with van der Waals surface area (Å²) >= 11 is 0. The van der Waals surface area contributed by atoms with E-state index in [0.717, 1.165) is 6.42 Å². The Balaban J connectivity index is 2.61. The van der Waals surface area contributed by atoms with Gasteiger partial charge in [0.25, 0.3) is 0 Å². The lowest BCUT2D eigenvalue weighted by molar-refractivity contribution is -0.131. The average Bonchev–Trinajstić information content (AvgIpc) is 2.28. The Bertz CT molecular complexity index is 276. The molecule has 2 aliphatic rings. The summed E-state index contributed by atoms with van der Waals surface area (Å²) in [4.78, 5) is 12.1. The molecule has 1 nitrogen and oxygen atoms in total. The van der Waals surface area contributed by atoms with Gasteiger partial charge in [0.2, 0.25) is 0 Å². The van der Waals surface area contributed by atoms with Gasteiger partial charge in [-0.2, -0.15) is 0 Å². The Hall–Kier alpha value is -0.330. The van der Waals surface area contributed by atoms with E-state index in [4.69, 9.17) is 0 Å². The summed E-state index contributed by atoms with van der Waals surface area (Å²) in [5.74, 6) is 0.771. The van der Waals surface area contributed by atoms with Crippen LogP contribution in [0.2, 0.25) is 0 Å². The van der Waals surface area contributed by atoms with E-state index in [2.05, 4.69) is 34.6 Å². The molecule has 0 radical (unpaired) electrons. The lowest BCUT2D eigenvalue weighted by atomic mass is 9.65. The van der Waals surface area contributed by atoms with E-state index in [0.29, 0.717) is 5.78 Å². The number of Topliss-reactive ketones (excluding diaryl/α,β-unsaturated/α-hetero) is 1. The molecule has 0 saturated heterocycles. The fourth-order valence-corrected chi connectivity index (χ4v) is 3.72. The molecule has 1 heteroatoms. The topological polar surface area (TPSA) is 17.1 Å². The third-order valence-electron chi connectivity index (χ3n) is 5.84. The Morgan fingerprint density at radius 2 is 1.69 bits per heavy atom. The first-order valence-corrected chi connectivity index (χ1v) is 5.32. The van der Waals surface area contributed by atoms with E-state index in [1.165, 1.54) is 6.42 Å². The minimum Gasteiger partial charge on any atom is -0.299 e. The predicted molar refractivity (Wildman–Crippen MR) is 53.4 cm³/mol. The number of carbonyl (C=O) groups excluding carboxylic acids is 1. The van der Waals surface area contributed by atoms with Crippen molar-refractivity contribution in [3.8, 4) is 0 Å². The van der Waals surface area contributed by atoms with E-state index >= 15 is 0 Å². The van der Waals surface area contributed by atoms with Crippen molar-refractivity contribution < 1.29 is 4.79 Å². The van der Waals surface area contributed by atoms with E-state index in [1.807, 2.05) is 0 Å². The van der Waals surface area contributed by atoms with Crippen LogP contribution in [-0.4, -0.2) is 5.78 Å². The number of carbonyl (C=O) groups is 1. The van der Waals surface area contributed by atoms with Crippen molar-refractivity contribution in [2.75, 3.05) is 0 Å². The molecule has 0 spiro atoms. The van der Waals surface area contributed by atoms with Gasteiger partial charge in [-0.25, -0.2) is 0 Å². The van der Waals surface area contributed by atoms with E-state index < -0.39 is 0 Å². The van der Waals surface area contributed by atoms with Crippen LogP contribution in [-0.2, 0) is 4.79 Å². The zero-order valence-corrected chi connectivity index (χ0v) is 9.40. The van der Waals surface area contributed by atoms with Crippen molar-refractivity contribution in [3.63, 3.8) is 0 Å². The first-order valence-electron chi connectivity index (χ1n) is 5.32. The SMILES string of the molecule is C[C@@H]1C(=O)[C@@]2(C)CC[C@@]1(C)C2(C)C. The quantitative estimate of drug-likeness (QED) is 0.560. The fraction of sp³-hybridized carbons (Fsp3) is 0.917. The summed E-state index contributed by atoms with van der Waals surface area (Å²) in [6.07, 6.45) is 2.32. The Morgan fingerprint density at radius 3 is 1.92 bits per heavy atom. The molecule has 74 valence electrons. The van der Waals surface area contributed by atoms with Crippen molar-refractivity contribution in [1.29, 1.82) is 0 Å². The van der Waals surface area contributed by atoms with Crippen LogP contribution < -0.4 is 0 Å². The lowest BCUT2D eigenvalue weighted by Crippen LogP contribution is -2.34. The molecule has 0 aliphatic heterocycles. The third-order valence-corrected chi connectivity index (χ3v) is 5.84. The van der Waals surface area contributed by atoms with Gasteiger partial charge in [0.05, 0.1) is 0 Å². The molecule has 2 saturated carbocycles. The Morgan fingerprint density at radius 1 is 1.15 bits per heavy atom. The smallest absolute Gasteiger partial charge is 0.142 e. The summed E-state index contributed by atoms with van der Waals surface area (Å²) in [5.41, 5.74) is 0.399. The lowest BCUT2D eigenvalue weighted by Gasteiger charge is -2.38. The molecular formula is C12H20O. The molecule has 2 aliphatic carbocycles. The zero-order valence-electron chi connectivity index (χ0n) is 9.40. The first kappa shape index (κ1) is 9.23. The second kappa shape index (κ2) is 2.02. The maximum Gasteiger partial charge on any atom is 0.142 e. The predicted octanol–water partition coefficient (Wildman–Crippen LogP) is 3.04. The van der Waals surface area contributed by atoms with Crippen molar-refractivity contribution in [3.05, 3.63) is 0 Å². The molecule has 0 unspecified atom stereocenters. The van der Waals surface area contributed by atoms with Gasteiger partial charge in [-0.15, -0.1) is 0 Å². The highest BCUT2D eigenvalue weighted by molar-refractivity contribution is 5.92. The van der Waals surface area contributed by atoms with Crippen LogP contribution in [0.25, 0.3) is 0 Å². The molecule has 0 heterocycles. The van der Waals surface area contributed by atoms with Gasteiger partial charge >= 0.3 is 0 Å². The molecule has 0 amide bonds. The summed E-state index contributed by atoms with van der Waals surface area (Å²) in [5, 5.41) is 0. The summed E-state index contributed by atoms with van der Waals surface area (Å²) < 4.78 is 0. The molecule has 0 aromatic carbocycles. The molecule has 13 heavy (non-hydrogen) atoms. The second-order valence-corrected chi connectivity index (χ2v) is 5.96. The van der Waals surface area contributed by atoms with Gasteiger partial charge < -0.3 is 0 Å². The van der Waals surface area contributed by atoms with Gasteiger partial charge in [-0.1, -0.05) is 34.6 Å². The summed E-state index contributed by atoms with van der Waals surface area (Å²) in [6, 6.07) is 0. The minimum absolute atomic E-state index is 0.0405.